The average molecular weight is 891 g/mol. The van der Waals surface area contributed by atoms with Crippen LogP contribution in [0.25, 0.3) is 0 Å². The topological polar surface area (TPSA) is 328 Å². The Morgan fingerprint density at radius 2 is 1.71 bits per heavy atom. The highest BCUT2D eigenvalue weighted by Gasteiger charge is 2.43. The maximum Gasteiger partial charge on any atom is 0.315 e. The average Bonchev–Trinajstić information content (AvgIpc) is 4.06. The Kier molecular flexibility index (Phi) is 19.7. The fraction of sp³-hybridized carbons (Fsp3) is 0.692. The summed E-state index contributed by atoms with van der Waals surface area (Å²) in [6, 6.07) is -2.89. The van der Waals surface area contributed by atoms with E-state index >= 15 is 0 Å². The molecule has 7 atom stereocenters. The third-order valence-corrected chi connectivity index (χ3v) is 12.5. The molecule has 0 saturated carbocycles. The van der Waals surface area contributed by atoms with Gasteiger partial charge < -0.3 is 52.8 Å². The third-order valence-electron chi connectivity index (χ3n) is 11.0. The van der Waals surface area contributed by atoms with Crippen molar-refractivity contribution in [2.75, 3.05) is 31.9 Å². The van der Waals surface area contributed by atoms with Crippen LogP contribution in [0.1, 0.15) is 90.2 Å². The minimum Gasteiger partial charge on any atom is -0.368 e. The van der Waals surface area contributed by atoms with E-state index in [2.05, 4.69) is 47.2 Å². The van der Waals surface area contributed by atoms with Gasteiger partial charge in [0.25, 0.3) is 0 Å². The SMILES string of the molecule is CC(C)CC(CC(=O)NO)C(=O)N[C@@H](Cc1cnc[nH]1)C(=O)N1CCC[C@H]1C(=O)NCC(=O)NCC(=O)N[C@@H](CCCCNC(=O)CCCC[C@@H]1SC[C@@H]2NC(=O)N[C@@H]21)C(N)=O. The minimum atomic E-state index is -1.13. The van der Waals surface area contributed by atoms with Gasteiger partial charge in [-0.25, -0.2) is 15.3 Å². The summed E-state index contributed by atoms with van der Waals surface area (Å²) < 4.78 is 0. The van der Waals surface area contributed by atoms with Crippen LogP contribution < -0.4 is 48.4 Å². The van der Waals surface area contributed by atoms with Crippen molar-refractivity contribution in [3.63, 3.8) is 0 Å². The molecule has 0 radical (unpaired) electrons. The first kappa shape index (κ1) is 49.2. The van der Waals surface area contributed by atoms with Crippen LogP contribution in [0.4, 0.5) is 4.79 Å². The van der Waals surface area contributed by atoms with E-state index < -0.39 is 78.5 Å². The van der Waals surface area contributed by atoms with Crippen LogP contribution in [0.5, 0.6) is 0 Å². The number of likely N-dealkylation sites (tertiary alicyclic amines) is 1. The van der Waals surface area contributed by atoms with Gasteiger partial charge in [-0.3, -0.25) is 43.6 Å². The third kappa shape index (κ3) is 15.8. The summed E-state index contributed by atoms with van der Waals surface area (Å²) in [4.78, 5) is 122. The summed E-state index contributed by atoms with van der Waals surface area (Å²) in [7, 11) is 0. The molecule has 0 bridgehead atoms. The van der Waals surface area contributed by atoms with Crippen molar-refractivity contribution in [1.82, 2.24) is 57.6 Å². The Bertz CT molecular complexity index is 1730. The predicted octanol–water partition coefficient (Wildman–Crippen LogP) is -1.80. The zero-order valence-electron chi connectivity index (χ0n) is 35.3. The van der Waals surface area contributed by atoms with Crippen LogP contribution in [-0.2, 0) is 44.8 Å². The zero-order valence-corrected chi connectivity index (χ0v) is 36.1. The van der Waals surface area contributed by atoms with E-state index in [1.54, 1.807) is 0 Å². The number of imidazole rings is 1. The number of carbonyl (C=O) groups is 9. The monoisotopic (exact) mass is 890 g/mol. The van der Waals surface area contributed by atoms with Gasteiger partial charge in [0.2, 0.25) is 47.3 Å². The highest BCUT2D eigenvalue weighted by atomic mass is 32.2. The Hall–Kier alpha value is -5.45. The van der Waals surface area contributed by atoms with Gasteiger partial charge in [-0.2, -0.15) is 11.8 Å². The number of amides is 10. The molecule has 3 saturated heterocycles. The summed E-state index contributed by atoms with van der Waals surface area (Å²) in [5.41, 5.74) is 7.57. The van der Waals surface area contributed by atoms with Gasteiger partial charge in [-0.05, 0) is 57.3 Å². The molecule has 10 amide bonds. The fourth-order valence-electron chi connectivity index (χ4n) is 7.85. The number of aromatic amines is 1. The van der Waals surface area contributed by atoms with Gasteiger partial charge in [-0.15, -0.1) is 0 Å². The molecule has 1 aromatic rings. The molecule has 1 aromatic heterocycles. The number of urea groups is 1. The number of nitrogens with two attached hydrogens (primary N) is 1. The lowest BCUT2D eigenvalue weighted by Gasteiger charge is -2.29. The summed E-state index contributed by atoms with van der Waals surface area (Å²) >= 11 is 1.84. The second kappa shape index (κ2) is 24.9. The molecular weight excluding hydrogens is 829 g/mol. The van der Waals surface area contributed by atoms with Crippen molar-refractivity contribution in [1.29, 1.82) is 0 Å². The molecule has 344 valence electrons. The number of primary amides is 1. The van der Waals surface area contributed by atoms with E-state index in [4.69, 9.17) is 10.9 Å². The molecule has 4 rings (SSSR count). The lowest BCUT2D eigenvalue weighted by molar-refractivity contribution is -0.142. The van der Waals surface area contributed by atoms with E-state index in [9.17, 15) is 43.2 Å². The Labute approximate surface area is 364 Å². The maximum absolute atomic E-state index is 13.9. The number of fused-ring (bicyclic) bond motifs is 1. The van der Waals surface area contributed by atoms with Crippen molar-refractivity contribution in [2.45, 2.75) is 126 Å². The van der Waals surface area contributed by atoms with Crippen LogP contribution in [0.3, 0.4) is 0 Å². The van der Waals surface area contributed by atoms with Gasteiger partial charge in [-0.1, -0.05) is 20.3 Å². The lowest BCUT2D eigenvalue weighted by Crippen LogP contribution is -2.55. The first-order chi connectivity index (χ1) is 29.6. The fourth-order valence-corrected chi connectivity index (χ4v) is 9.40. The van der Waals surface area contributed by atoms with Crippen LogP contribution in [-0.4, -0.2) is 141 Å². The van der Waals surface area contributed by atoms with Crippen molar-refractivity contribution in [2.24, 2.45) is 17.6 Å². The highest BCUT2D eigenvalue weighted by molar-refractivity contribution is 8.00. The number of unbranched alkanes of at least 4 members (excludes halogenated alkanes) is 2. The molecular formula is C39H62N12O10S. The molecule has 0 spiro atoms. The first-order valence-electron chi connectivity index (χ1n) is 21.2. The molecule has 12 N–H and O–H groups in total. The van der Waals surface area contributed by atoms with Crippen molar-refractivity contribution >= 4 is 65.1 Å². The molecule has 3 fully saturated rings. The van der Waals surface area contributed by atoms with E-state index in [1.807, 2.05) is 25.6 Å². The van der Waals surface area contributed by atoms with E-state index in [1.165, 1.54) is 22.9 Å². The minimum absolute atomic E-state index is 0.0140. The van der Waals surface area contributed by atoms with Gasteiger partial charge in [0.1, 0.15) is 18.1 Å². The van der Waals surface area contributed by atoms with Crippen molar-refractivity contribution in [3.8, 4) is 0 Å². The molecule has 62 heavy (non-hydrogen) atoms. The van der Waals surface area contributed by atoms with Gasteiger partial charge >= 0.3 is 6.03 Å². The largest absolute Gasteiger partial charge is 0.368 e. The van der Waals surface area contributed by atoms with E-state index in [0.717, 1.165) is 25.0 Å². The standard InChI is InChI=1S/C39H62N12O10S/c1-22(2)14-23(15-31(53)50-61)36(57)47-26(16-24-17-41-21-45-24)38(59)51-13-7-9-28(51)37(58)44-18-32(54)43-19-33(55)46-25(35(40)56)8-5-6-12-42-30(52)11-4-3-10-29-34-27(20-62-29)48-39(60)49-34/h17,21-23,25-29,34,61H,3-16,18-20H2,1-2H3,(H2,40,56)(H,41,45)(H,42,52)(H,43,54)(H,44,58)(H,46,55)(H,47,57)(H,50,53)(H2,48,49,60)/t23?,25-,26-,27-,28-,29-,34-/m0/s1. The number of thioether (sulfide) groups is 1. The summed E-state index contributed by atoms with van der Waals surface area (Å²) in [6.45, 7) is 3.33. The molecule has 0 aromatic carbocycles. The van der Waals surface area contributed by atoms with Crippen LogP contribution in [0.15, 0.2) is 12.5 Å². The number of hydrogen-bond acceptors (Lipinski definition) is 12. The summed E-state index contributed by atoms with van der Waals surface area (Å²) in [6.07, 6.45) is 7.86. The number of carbonyl (C=O) groups excluding carboxylic acids is 9. The Morgan fingerprint density at radius 1 is 0.935 bits per heavy atom. The lowest BCUT2D eigenvalue weighted by atomic mass is 9.92. The molecule has 1 unspecified atom stereocenters. The van der Waals surface area contributed by atoms with Crippen LogP contribution in [0, 0.1) is 11.8 Å². The second-order valence-corrected chi connectivity index (χ2v) is 17.6. The van der Waals surface area contributed by atoms with E-state index in [0.29, 0.717) is 56.0 Å². The Morgan fingerprint density at radius 3 is 2.42 bits per heavy atom. The van der Waals surface area contributed by atoms with Gasteiger partial charge in [0.05, 0.1) is 31.5 Å². The molecule has 3 aliphatic rings. The molecule has 4 heterocycles. The normalized spacial score (nSPS) is 20.5. The number of hydrogen-bond donors (Lipinski definition) is 11. The maximum atomic E-state index is 13.9. The number of rotatable bonds is 26. The molecule has 23 heteroatoms. The van der Waals surface area contributed by atoms with Gasteiger partial charge in [0, 0.05) is 61.2 Å². The second-order valence-electron chi connectivity index (χ2n) is 16.3. The van der Waals surface area contributed by atoms with Crippen molar-refractivity contribution < 1.29 is 48.4 Å². The number of H-pyrrole nitrogens is 1. The van der Waals surface area contributed by atoms with Gasteiger partial charge in [0.15, 0.2) is 0 Å². The number of aromatic nitrogens is 2. The van der Waals surface area contributed by atoms with Crippen LogP contribution >= 0.6 is 11.8 Å². The van der Waals surface area contributed by atoms with Crippen LogP contribution in [0.2, 0.25) is 0 Å². The number of nitrogens with one attached hydrogen (secondary N) is 9. The number of hydroxylamine groups is 1. The Balaban J connectivity index is 1.14. The molecule has 22 nitrogen and oxygen atoms in total. The summed E-state index contributed by atoms with van der Waals surface area (Å²) in [5.74, 6) is -4.61. The first-order valence-corrected chi connectivity index (χ1v) is 22.3. The molecule has 3 aliphatic heterocycles. The number of nitrogens with zero attached hydrogens (tertiary/aromatic N) is 2. The highest BCUT2D eigenvalue weighted by Crippen LogP contribution is 2.33. The predicted molar refractivity (Wildman–Crippen MR) is 224 cm³/mol. The smallest absolute Gasteiger partial charge is 0.315 e. The zero-order chi connectivity index (χ0) is 45.2. The van der Waals surface area contributed by atoms with E-state index in [-0.39, 0.29) is 55.7 Å². The summed E-state index contributed by atoms with van der Waals surface area (Å²) in [5, 5.41) is 28.3. The van der Waals surface area contributed by atoms with Crippen molar-refractivity contribution in [3.05, 3.63) is 18.2 Å². The molecule has 0 aliphatic carbocycles. The quantitative estimate of drug-likeness (QED) is 0.0213.